The van der Waals surface area contributed by atoms with Gasteiger partial charge in [0.05, 0.1) is 11.8 Å². The summed E-state index contributed by atoms with van der Waals surface area (Å²) in [4.78, 5) is 13.6. The minimum Gasteiger partial charge on any atom is -0.389 e. The molecule has 0 spiro atoms. The standard InChI is InChI=1S/C11H18N2O3/c1-5-13(7-11(3,4)15)10(14)9-6-12-16-8(9)2/h6,15H,5,7H2,1-4H3. The zero-order valence-corrected chi connectivity index (χ0v) is 10.1. The molecule has 0 radical (unpaired) electrons. The van der Waals surface area contributed by atoms with Crippen LogP contribution in [-0.4, -0.2) is 39.8 Å². The minimum absolute atomic E-state index is 0.164. The van der Waals surface area contributed by atoms with E-state index in [9.17, 15) is 9.90 Å². The molecule has 1 amide bonds. The maximum atomic E-state index is 12.1. The van der Waals surface area contributed by atoms with Crippen LogP contribution >= 0.6 is 0 Å². The second kappa shape index (κ2) is 4.65. The fourth-order valence-electron chi connectivity index (χ4n) is 1.47. The molecule has 0 saturated heterocycles. The molecule has 1 heterocycles. The minimum atomic E-state index is -0.906. The Hall–Kier alpha value is -1.36. The van der Waals surface area contributed by atoms with Crippen LogP contribution in [0.4, 0.5) is 0 Å². The Morgan fingerprint density at radius 3 is 2.62 bits per heavy atom. The first-order chi connectivity index (χ1) is 7.35. The van der Waals surface area contributed by atoms with E-state index < -0.39 is 5.60 Å². The zero-order chi connectivity index (χ0) is 12.3. The highest BCUT2D eigenvalue weighted by Gasteiger charge is 2.24. The molecule has 1 N–H and O–H groups in total. The number of aliphatic hydroxyl groups is 1. The summed E-state index contributed by atoms with van der Waals surface area (Å²) in [6.45, 7) is 7.72. The summed E-state index contributed by atoms with van der Waals surface area (Å²) in [5.41, 5.74) is -0.456. The number of amides is 1. The molecule has 0 bridgehead atoms. The Morgan fingerprint density at radius 2 is 2.25 bits per heavy atom. The van der Waals surface area contributed by atoms with Crippen LogP contribution in [0.2, 0.25) is 0 Å². The van der Waals surface area contributed by atoms with E-state index in [0.29, 0.717) is 17.9 Å². The molecule has 0 saturated carbocycles. The van der Waals surface area contributed by atoms with Crippen molar-refractivity contribution in [1.29, 1.82) is 0 Å². The van der Waals surface area contributed by atoms with E-state index in [1.54, 1.807) is 25.7 Å². The number of carbonyl (C=O) groups is 1. The van der Waals surface area contributed by atoms with Crippen LogP contribution in [0.1, 0.15) is 36.9 Å². The van der Waals surface area contributed by atoms with Gasteiger partial charge in [0, 0.05) is 13.1 Å². The third kappa shape index (κ3) is 3.06. The summed E-state index contributed by atoms with van der Waals surface area (Å²) < 4.78 is 4.85. The number of rotatable bonds is 4. The highest BCUT2D eigenvalue weighted by molar-refractivity contribution is 5.94. The summed E-state index contributed by atoms with van der Waals surface area (Å²) in [6, 6.07) is 0. The van der Waals surface area contributed by atoms with Crippen molar-refractivity contribution in [2.75, 3.05) is 13.1 Å². The van der Waals surface area contributed by atoms with Crippen molar-refractivity contribution in [2.45, 2.75) is 33.3 Å². The molecule has 0 atom stereocenters. The quantitative estimate of drug-likeness (QED) is 0.838. The molecular weight excluding hydrogens is 208 g/mol. The van der Waals surface area contributed by atoms with Gasteiger partial charge in [0.15, 0.2) is 0 Å². The van der Waals surface area contributed by atoms with Crippen LogP contribution in [0.25, 0.3) is 0 Å². The lowest BCUT2D eigenvalue weighted by Crippen LogP contribution is -2.42. The van der Waals surface area contributed by atoms with Crippen LogP contribution in [0.3, 0.4) is 0 Å². The molecule has 0 aliphatic rings. The topological polar surface area (TPSA) is 66.6 Å². The van der Waals surface area contributed by atoms with Gasteiger partial charge in [-0.3, -0.25) is 4.79 Å². The molecule has 1 aromatic rings. The van der Waals surface area contributed by atoms with E-state index in [0.717, 1.165) is 0 Å². The van der Waals surface area contributed by atoms with Crippen LogP contribution in [0.15, 0.2) is 10.7 Å². The first-order valence-corrected chi connectivity index (χ1v) is 5.28. The van der Waals surface area contributed by atoms with Crippen molar-refractivity contribution in [1.82, 2.24) is 10.1 Å². The number of aromatic nitrogens is 1. The van der Waals surface area contributed by atoms with Gasteiger partial charge >= 0.3 is 0 Å². The molecule has 90 valence electrons. The summed E-state index contributed by atoms with van der Waals surface area (Å²) in [5, 5.41) is 13.3. The van der Waals surface area contributed by atoms with Gasteiger partial charge in [-0.25, -0.2) is 0 Å². The number of hydrogen-bond donors (Lipinski definition) is 1. The molecule has 5 heteroatoms. The summed E-state index contributed by atoms with van der Waals surface area (Å²) in [7, 11) is 0. The van der Waals surface area contributed by atoms with Crippen molar-refractivity contribution >= 4 is 5.91 Å². The molecule has 0 aliphatic heterocycles. The van der Waals surface area contributed by atoms with Crippen LogP contribution in [0, 0.1) is 6.92 Å². The highest BCUT2D eigenvalue weighted by Crippen LogP contribution is 2.12. The molecule has 5 nitrogen and oxygen atoms in total. The largest absolute Gasteiger partial charge is 0.389 e. The van der Waals surface area contributed by atoms with Gasteiger partial charge in [-0.15, -0.1) is 0 Å². The smallest absolute Gasteiger partial charge is 0.259 e. The van der Waals surface area contributed by atoms with E-state index >= 15 is 0 Å². The summed E-state index contributed by atoms with van der Waals surface area (Å²) in [5.74, 6) is 0.336. The van der Waals surface area contributed by atoms with E-state index in [1.165, 1.54) is 6.20 Å². The first kappa shape index (κ1) is 12.7. The number of aryl methyl sites for hydroxylation is 1. The number of hydrogen-bond acceptors (Lipinski definition) is 4. The lowest BCUT2D eigenvalue weighted by molar-refractivity contribution is 0.0313. The highest BCUT2D eigenvalue weighted by atomic mass is 16.5. The number of likely N-dealkylation sites (N-methyl/N-ethyl adjacent to an activating group) is 1. The second-order valence-electron chi connectivity index (χ2n) is 4.43. The molecular formula is C11H18N2O3. The van der Waals surface area contributed by atoms with Gasteiger partial charge in [-0.2, -0.15) is 0 Å². The molecule has 1 aromatic heterocycles. The molecule has 0 unspecified atom stereocenters. The molecule has 16 heavy (non-hydrogen) atoms. The van der Waals surface area contributed by atoms with Crippen molar-refractivity contribution in [3.05, 3.63) is 17.5 Å². The van der Waals surface area contributed by atoms with Crippen LogP contribution in [-0.2, 0) is 0 Å². The molecule has 1 rings (SSSR count). The third-order valence-electron chi connectivity index (χ3n) is 2.23. The van der Waals surface area contributed by atoms with Gasteiger partial charge in [0.2, 0.25) is 0 Å². The average molecular weight is 226 g/mol. The van der Waals surface area contributed by atoms with Gasteiger partial charge in [0.25, 0.3) is 5.91 Å². The predicted octanol–water partition coefficient (Wildman–Crippen LogP) is 1.22. The van der Waals surface area contributed by atoms with Crippen molar-refractivity contribution < 1.29 is 14.4 Å². The maximum absolute atomic E-state index is 12.1. The SMILES string of the molecule is CCN(CC(C)(C)O)C(=O)c1cnoc1C. The summed E-state index contributed by atoms with van der Waals surface area (Å²) >= 11 is 0. The van der Waals surface area contributed by atoms with E-state index in [1.807, 2.05) is 6.92 Å². The van der Waals surface area contributed by atoms with Gasteiger partial charge in [-0.05, 0) is 27.7 Å². The van der Waals surface area contributed by atoms with E-state index in [2.05, 4.69) is 5.16 Å². The van der Waals surface area contributed by atoms with Gasteiger partial charge in [-0.1, -0.05) is 5.16 Å². The number of nitrogens with zero attached hydrogens (tertiary/aromatic N) is 2. The van der Waals surface area contributed by atoms with Crippen molar-refractivity contribution in [3.63, 3.8) is 0 Å². The Balaban J connectivity index is 2.82. The van der Waals surface area contributed by atoms with Crippen LogP contribution in [0.5, 0.6) is 0 Å². The maximum Gasteiger partial charge on any atom is 0.259 e. The van der Waals surface area contributed by atoms with Crippen LogP contribution < -0.4 is 0 Å². The van der Waals surface area contributed by atoms with E-state index in [-0.39, 0.29) is 12.5 Å². The van der Waals surface area contributed by atoms with Gasteiger partial charge in [0.1, 0.15) is 11.3 Å². The summed E-state index contributed by atoms with van der Waals surface area (Å²) in [6.07, 6.45) is 1.41. The first-order valence-electron chi connectivity index (χ1n) is 5.28. The Kier molecular flexibility index (Phi) is 3.70. The molecule has 0 aliphatic carbocycles. The fraction of sp³-hybridized carbons (Fsp3) is 0.636. The van der Waals surface area contributed by atoms with Crippen molar-refractivity contribution in [2.24, 2.45) is 0 Å². The van der Waals surface area contributed by atoms with Gasteiger partial charge < -0.3 is 14.5 Å². The Labute approximate surface area is 95.0 Å². The second-order valence-corrected chi connectivity index (χ2v) is 4.43. The zero-order valence-electron chi connectivity index (χ0n) is 10.1. The Bertz CT molecular complexity index is 366. The molecule has 0 fully saturated rings. The molecule has 0 aromatic carbocycles. The monoisotopic (exact) mass is 226 g/mol. The number of carbonyl (C=O) groups excluding carboxylic acids is 1. The Morgan fingerprint density at radius 1 is 1.62 bits per heavy atom. The fourth-order valence-corrected chi connectivity index (χ4v) is 1.47. The third-order valence-corrected chi connectivity index (χ3v) is 2.23. The van der Waals surface area contributed by atoms with E-state index in [4.69, 9.17) is 4.52 Å². The normalized spacial score (nSPS) is 11.6. The predicted molar refractivity (Wildman–Crippen MR) is 59.1 cm³/mol. The van der Waals surface area contributed by atoms with Crippen molar-refractivity contribution in [3.8, 4) is 0 Å². The lowest BCUT2D eigenvalue weighted by Gasteiger charge is -2.27. The average Bonchev–Trinajstić information content (AvgIpc) is 2.58. The lowest BCUT2D eigenvalue weighted by atomic mass is 10.1.